The Morgan fingerprint density at radius 1 is 1.12 bits per heavy atom. The lowest BCUT2D eigenvalue weighted by Gasteiger charge is -2.02. The van der Waals surface area contributed by atoms with E-state index in [9.17, 15) is 0 Å². The van der Waals surface area contributed by atoms with Crippen molar-refractivity contribution in [3.8, 4) is 0 Å². The van der Waals surface area contributed by atoms with Crippen molar-refractivity contribution in [2.24, 2.45) is 23.7 Å². The minimum atomic E-state index is 0.942. The summed E-state index contributed by atoms with van der Waals surface area (Å²) in [4.78, 5) is 0.942. The molecule has 4 aliphatic carbocycles. The van der Waals surface area contributed by atoms with Gasteiger partial charge in [-0.1, -0.05) is 15.9 Å². The van der Waals surface area contributed by atoms with Crippen LogP contribution in [-0.2, 0) is 0 Å². The SMILES string of the molecule is Br[C@@H]1C2C[C@@H]3C1[C@@H]3C2. The molecule has 0 aromatic heterocycles. The van der Waals surface area contributed by atoms with Gasteiger partial charge in [-0.2, -0.15) is 0 Å². The molecule has 0 N–H and O–H groups in total. The highest BCUT2D eigenvalue weighted by Gasteiger charge is 2.67. The van der Waals surface area contributed by atoms with Crippen LogP contribution in [0.5, 0.6) is 0 Å². The topological polar surface area (TPSA) is 0 Å². The normalized spacial score (nSPS) is 73.9. The van der Waals surface area contributed by atoms with Gasteiger partial charge in [0.05, 0.1) is 0 Å². The summed E-state index contributed by atoms with van der Waals surface area (Å²) in [5.41, 5.74) is 0. The molecular formula is C7H9Br. The monoisotopic (exact) mass is 172 g/mol. The van der Waals surface area contributed by atoms with Gasteiger partial charge in [-0.3, -0.25) is 0 Å². The summed E-state index contributed by atoms with van der Waals surface area (Å²) in [6.07, 6.45) is 3.12. The van der Waals surface area contributed by atoms with E-state index in [-0.39, 0.29) is 0 Å². The average molecular weight is 173 g/mol. The summed E-state index contributed by atoms with van der Waals surface area (Å²) in [6, 6.07) is 0. The summed E-state index contributed by atoms with van der Waals surface area (Å²) >= 11 is 3.75. The number of rotatable bonds is 0. The molecule has 0 saturated heterocycles. The molecule has 0 aromatic carbocycles. The molecule has 0 aliphatic heterocycles. The minimum absolute atomic E-state index is 0.942. The molecular weight excluding hydrogens is 164 g/mol. The highest BCUT2D eigenvalue weighted by atomic mass is 79.9. The van der Waals surface area contributed by atoms with Crippen molar-refractivity contribution in [3.63, 3.8) is 0 Å². The zero-order valence-corrected chi connectivity index (χ0v) is 6.26. The Balaban J connectivity index is 2.10. The second-order valence-electron chi connectivity index (χ2n) is 3.58. The first-order valence-corrected chi connectivity index (χ1v) is 4.43. The van der Waals surface area contributed by atoms with Crippen molar-refractivity contribution < 1.29 is 0 Å². The molecule has 0 nitrogen and oxygen atoms in total. The Hall–Kier alpha value is 0.480. The first-order chi connectivity index (χ1) is 3.88. The van der Waals surface area contributed by atoms with Crippen molar-refractivity contribution in [3.05, 3.63) is 0 Å². The van der Waals surface area contributed by atoms with E-state index < -0.39 is 0 Å². The number of hydrogen-bond acceptors (Lipinski definition) is 0. The Labute approximate surface area is 57.8 Å². The van der Waals surface area contributed by atoms with Gasteiger partial charge in [-0.25, -0.2) is 0 Å². The fourth-order valence-corrected chi connectivity index (χ4v) is 4.20. The van der Waals surface area contributed by atoms with E-state index in [0.717, 1.165) is 16.7 Å². The molecule has 0 aromatic rings. The molecule has 44 valence electrons. The maximum absolute atomic E-state index is 3.75. The van der Waals surface area contributed by atoms with Gasteiger partial charge in [0.25, 0.3) is 0 Å². The predicted molar refractivity (Wildman–Crippen MR) is 35.9 cm³/mol. The maximum Gasteiger partial charge on any atom is 0.0208 e. The van der Waals surface area contributed by atoms with Crippen LogP contribution in [0.2, 0.25) is 0 Å². The van der Waals surface area contributed by atoms with Crippen LogP contribution in [0.4, 0.5) is 0 Å². The third-order valence-electron chi connectivity index (χ3n) is 3.37. The van der Waals surface area contributed by atoms with Gasteiger partial charge in [0.15, 0.2) is 0 Å². The quantitative estimate of drug-likeness (QED) is 0.491. The molecule has 8 heavy (non-hydrogen) atoms. The van der Waals surface area contributed by atoms with E-state index in [1.54, 1.807) is 12.8 Å². The van der Waals surface area contributed by atoms with E-state index in [4.69, 9.17) is 0 Å². The van der Waals surface area contributed by atoms with Crippen molar-refractivity contribution >= 4 is 15.9 Å². The molecule has 0 spiro atoms. The van der Waals surface area contributed by atoms with Gasteiger partial charge < -0.3 is 0 Å². The third kappa shape index (κ3) is 0.278. The van der Waals surface area contributed by atoms with Crippen molar-refractivity contribution in [1.82, 2.24) is 0 Å². The van der Waals surface area contributed by atoms with Crippen LogP contribution in [0.3, 0.4) is 0 Å². The molecule has 4 rings (SSSR count). The van der Waals surface area contributed by atoms with Gasteiger partial charge >= 0.3 is 0 Å². The first kappa shape index (κ1) is 4.32. The third-order valence-corrected chi connectivity index (χ3v) is 4.72. The van der Waals surface area contributed by atoms with Crippen molar-refractivity contribution in [2.45, 2.75) is 17.7 Å². The number of hydrogen-bond donors (Lipinski definition) is 0. The standard InChI is InChI=1S/C7H9Br/c8-7-3-1-4-5(2-3)6(4)7/h3-7H,1-2H2/t3?,4-,5+,6?,7-/m1/s1. The summed E-state index contributed by atoms with van der Waals surface area (Å²) in [6.45, 7) is 0. The molecule has 4 fully saturated rings. The van der Waals surface area contributed by atoms with Crippen LogP contribution in [0.1, 0.15) is 12.8 Å². The highest BCUT2D eigenvalue weighted by molar-refractivity contribution is 9.09. The zero-order valence-electron chi connectivity index (χ0n) is 4.68. The lowest BCUT2D eigenvalue weighted by molar-refractivity contribution is 0.620. The van der Waals surface area contributed by atoms with Crippen molar-refractivity contribution in [2.75, 3.05) is 0 Å². The molecule has 4 bridgehead atoms. The Morgan fingerprint density at radius 2 is 1.75 bits per heavy atom. The van der Waals surface area contributed by atoms with Crippen LogP contribution in [-0.4, -0.2) is 4.83 Å². The fourth-order valence-electron chi connectivity index (χ4n) is 2.98. The summed E-state index contributed by atoms with van der Waals surface area (Å²) in [5, 5.41) is 0. The predicted octanol–water partition coefficient (Wildman–Crippen LogP) is 2.04. The van der Waals surface area contributed by atoms with Crippen LogP contribution in [0, 0.1) is 23.7 Å². The summed E-state index contributed by atoms with van der Waals surface area (Å²) in [7, 11) is 0. The van der Waals surface area contributed by atoms with E-state index in [1.165, 1.54) is 11.8 Å². The van der Waals surface area contributed by atoms with Gasteiger partial charge in [0.1, 0.15) is 0 Å². The number of alkyl halides is 1. The van der Waals surface area contributed by atoms with Crippen LogP contribution in [0.25, 0.3) is 0 Å². The number of halogens is 1. The van der Waals surface area contributed by atoms with Crippen LogP contribution in [0.15, 0.2) is 0 Å². The lowest BCUT2D eigenvalue weighted by Crippen LogP contribution is -2.00. The maximum atomic E-state index is 3.75. The highest BCUT2D eigenvalue weighted by Crippen LogP contribution is 2.72. The van der Waals surface area contributed by atoms with E-state index in [0.29, 0.717) is 0 Å². The second kappa shape index (κ2) is 1.03. The Bertz CT molecular complexity index is 129. The molecule has 0 radical (unpaired) electrons. The molecule has 2 unspecified atom stereocenters. The van der Waals surface area contributed by atoms with Crippen molar-refractivity contribution in [1.29, 1.82) is 0 Å². The van der Waals surface area contributed by atoms with Gasteiger partial charge in [0.2, 0.25) is 0 Å². The Morgan fingerprint density at radius 3 is 1.88 bits per heavy atom. The second-order valence-corrected chi connectivity index (χ2v) is 4.64. The summed E-state index contributed by atoms with van der Waals surface area (Å²) < 4.78 is 0. The fraction of sp³-hybridized carbons (Fsp3) is 1.00. The van der Waals surface area contributed by atoms with Gasteiger partial charge in [0, 0.05) is 4.83 Å². The molecule has 5 atom stereocenters. The molecule has 4 aliphatic rings. The minimum Gasteiger partial charge on any atom is -0.0884 e. The molecule has 1 heteroatoms. The molecule has 4 saturated carbocycles. The largest absolute Gasteiger partial charge is 0.0884 e. The van der Waals surface area contributed by atoms with E-state index >= 15 is 0 Å². The summed E-state index contributed by atoms with van der Waals surface area (Å²) in [5.74, 6) is 4.60. The average Bonchev–Trinajstić information content (AvgIpc) is 2.23. The molecule has 0 amide bonds. The zero-order chi connectivity index (χ0) is 5.30. The van der Waals surface area contributed by atoms with Gasteiger partial charge in [-0.05, 0) is 36.5 Å². The first-order valence-electron chi connectivity index (χ1n) is 3.52. The van der Waals surface area contributed by atoms with Crippen LogP contribution >= 0.6 is 15.9 Å². The van der Waals surface area contributed by atoms with Crippen LogP contribution < -0.4 is 0 Å². The Kier molecular flexibility index (Phi) is 0.555. The van der Waals surface area contributed by atoms with E-state index in [1.807, 2.05) is 0 Å². The van der Waals surface area contributed by atoms with Gasteiger partial charge in [-0.15, -0.1) is 0 Å². The lowest BCUT2D eigenvalue weighted by atomic mass is 10.1. The van der Waals surface area contributed by atoms with E-state index in [2.05, 4.69) is 15.9 Å². The smallest absolute Gasteiger partial charge is 0.0208 e. The molecule has 0 heterocycles.